The lowest BCUT2D eigenvalue weighted by molar-refractivity contribution is -0.116. The Labute approximate surface area is 207 Å². The van der Waals surface area contributed by atoms with Crippen molar-refractivity contribution in [3.8, 4) is 17.1 Å². The summed E-state index contributed by atoms with van der Waals surface area (Å²) >= 11 is 18.3. The third kappa shape index (κ3) is 4.88. The van der Waals surface area contributed by atoms with Gasteiger partial charge in [-0.3, -0.25) is 9.36 Å². The summed E-state index contributed by atoms with van der Waals surface area (Å²) in [4.78, 5) is 12.9. The van der Waals surface area contributed by atoms with E-state index in [4.69, 9.17) is 35.4 Å². The number of anilines is 1. The van der Waals surface area contributed by atoms with E-state index in [0.717, 1.165) is 28.1 Å². The monoisotopic (exact) mass is 496 g/mol. The molecule has 0 radical (unpaired) electrons. The number of nitrogens with zero attached hydrogens (tertiary/aromatic N) is 3. The zero-order valence-corrected chi connectivity index (χ0v) is 20.7. The number of nitrogens with one attached hydrogen (secondary N) is 1. The second-order valence-electron chi connectivity index (χ2n) is 7.85. The fraction of sp³-hybridized carbons (Fsp3) is 0.160. The Balaban J connectivity index is 1.76. The van der Waals surface area contributed by atoms with Crippen molar-refractivity contribution in [2.45, 2.75) is 27.3 Å². The molecule has 0 aliphatic rings. The van der Waals surface area contributed by atoms with Gasteiger partial charge in [-0.05, 0) is 80.5 Å². The normalized spacial score (nSPS) is 10.9. The number of aromatic nitrogens is 3. The molecule has 8 heteroatoms. The second-order valence-corrected chi connectivity index (χ2v) is 9.06. The number of hydrogen-bond donors (Lipinski definition) is 1. The first-order valence-corrected chi connectivity index (χ1v) is 11.5. The first-order valence-electron chi connectivity index (χ1n) is 10.3. The van der Waals surface area contributed by atoms with Crippen LogP contribution in [0.25, 0.3) is 17.1 Å². The molecule has 3 aromatic carbocycles. The molecule has 0 atom stereocenters. The largest absolute Gasteiger partial charge is 0.324 e. The molecule has 0 fully saturated rings. The molecule has 0 spiro atoms. The predicted molar refractivity (Wildman–Crippen MR) is 137 cm³/mol. The molecular formula is C25H22Cl2N4OS. The van der Waals surface area contributed by atoms with Gasteiger partial charge in [0.1, 0.15) is 6.54 Å². The number of aryl methyl sites for hydroxylation is 2. The fourth-order valence-corrected chi connectivity index (χ4v) is 4.29. The number of halogens is 2. The van der Waals surface area contributed by atoms with Gasteiger partial charge >= 0.3 is 0 Å². The number of benzene rings is 3. The standard InChI is InChI=1S/C25H22Cl2N4OS/c1-15-7-10-19(11-8-15)31-24(20-12-9-18(26)13-21(20)27)29-30(25(31)33)14-23(32)28-22-6-4-5-16(2)17(22)3/h4-13H,14H2,1-3H3,(H,28,32). The zero-order valence-electron chi connectivity index (χ0n) is 18.4. The molecule has 1 aromatic heterocycles. The highest BCUT2D eigenvalue weighted by Crippen LogP contribution is 2.31. The Morgan fingerprint density at radius 1 is 1.03 bits per heavy atom. The highest BCUT2D eigenvalue weighted by atomic mass is 35.5. The van der Waals surface area contributed by atoms with Crippen LogP contribution in [0, 0.1) is 25.5 Å². The minimum atomic E-state index is -0.220. The molecule has 1 amide bonds. The summed E-state index contributed by atoms with van der Waals surface area (Å²) in [6.07, 6.45) is 0. The summed E-state index contributed by atoms with van der Waals surface area (Å²) < 4.78 is 3.71. The quantitative estimate of drug-likeness (QED) is 0.304. The van der Waals surface area contributed by atoms with E-state index in [1.165, 1.54) is 4.68 Å². The third-order valence-corrected chi connectivity index (χ3v) is 6.42. The molecular weight excluding hydrogens is 475 g/mol. The summed E-state index contributed by atoms with van der Waals surface area (Å²) in [5.41, 5.74) is 5.51. The Morgan fingerprint density at radius 3 is 2.45 bits per heavy atom. The topological polar surface area (TPSA) is 51.9 Å². The Bertz CT molecular complexity index is 1410. The Kier molecular flexibility index (Phi) is 6.70. The van der Waals surface area contributed by atoms with Crippen molar-refractivity contribution in [3.05, 3.63) is 92.2 Å². The number of carbonyl (C=O) groups is 1. The smallest absolute Gasteiger partial charge is 0.246 e. The van der Waals surface area contributed by atoms with E-state index in [2.05, 4.69) is 10.4 Å². The molecule has 1 N–H and O–H groups in total. The van der Waals surface area contributed by atoms with Gasteiger partial charge in [0, 0.05) is 22.0 Å². The van der Waals surface area contributed by atoms with Crippen LogP contribution in [0.15, 0.2) is 60.7 Å². The van der Waals surface area contributed by atoms with Crippen molar-refractivity contribution < 1.29 is 4.79 Å². The van der Waals surface area contributed by atoms with Crippen LogP contribution in [0.2, 0.25) is 10.0 Å². The summed E-state index contributed by atoms with van der Waals surface area (Å²) in [7, 11) is 0. The lowest BCUT2D eigenvalue weighted by Crippen LogP contribution is -2.20. The van der Waals surface area contributed by atoms with Crippen LogP contribution in [0.3, 0.4) is 0 Å². The highest BCUT2D eigenvalue weighted by Gasteiger charge is 2.19. The van der Waals surface area contributed by atoms with Crippen molar-refractivity contribution in [1.29, 1.82) is 0 Å². The minimum Gasteiger partial charge on any atom is -0.324 e. The maximum absolute atomic E-state index is 12.9. The Morgan fingerprint density at radius 2 is 1.76 bits per heavy atom. The molecule has 0 aliphatic carbocycles. The Hall–Kier alpha value is -2.93. The number of amides is 1. The molecule has 0 unspecified atom stereocenters. The summed E-state index contributed by atoms with van der Waals surface area (Å²) in [5, 5.41) is 8.61. The molecule has 168 valence electrons. The van der Waals surface area contributed by atoms with Gasteiger partial charge in [0.15, 0.2) is 5.82 Å². The summed E-state index contributed by atoms with van der Waals surface area (Å²) in [5.74, 6) is 0.312. The molecule has 0 saturated carbocycles. The molecule has 4 aromatic rings. The van der Waals surface area contributed by atoms with Crippen molar-refractivity contribution in [2.24, 2.45) is 0 Å². The number of hydrogen-bond acceptors (Lipinski definition) is 3. The van der Waals surface area contributed by atoms with E-state index in [9.17, 15) is 4.79 Å². The van der Waals surface area contributed by atoms with E-state index < -0.39 is 0 Å². The van der Waals surface area contributed by atoms with E-state index in [1.54, 1.807) is 18.2 Å². The molecule has 1 heterocycles. The van der Waals surface area contributed by atoms with Crippen LogP contribution in [0.1, 0.15) is 16.7 Å². The van der Waals surface area contributed by atoms with Crippen molar-refractivity contribution >= 4 is 47.0 Å². The van der Waals surface area contributed by atoms with Crippen molar-refractivity contribution in [1.82, 2.24) is 14.3 Å². The van der Waals surface area contributed by atoms with Crippen LogP contribution in [0.5, 0.6) is 0 Å². The predicted octanol–water partition coefficient (Wildman–Crippen LogP) is 6.94. The lowest BCUT2D eigenvalue weighted by Gasteiger charge is -2.10. The average Bonchev–Trinajstić information content (AvgIpc) is 3.07. The van der Waals surface area contributed by atoms with Gasteiger partial charge in [0.2, 0.25) is 10.7 Å². The first-order chi connectivity index (χ1) is 15.7. The van der Waals surface area contributed by atoms with Gasteiger partial charge in [0.25, 0.3) is 0 Å². The van der Waals surface area contributed by atoms with Gasteiger partial charge in [0.05, 0.1) is 5.02 Å². The van der Waals surface area contributed by atoms with Crippen LogP contribution in [-0.2, 0) is 11.3 Å². The highest BCUT2D eigenvalue weighted by molar-refractivity contribution is 7.71. The van der Waals surface area contributed by atoms with Crippen LogP contribution in [0.4, 0.5) is 5.69 Å². The fourth-order valence-electron chi connectivity index (χ4n) is 3.49. The molecule has 5 nitrogen and oxygen atoms in total. The maximum Gasteiger partial charge on any atom is 0.246 e. The lowest BCUT2D eigenvalue weighted by atomic mass is 10.1. The SMILES string of the molecule is Cc1ccc(-n2c(-c3ccc(Cl)cc3Cl)nn(CC(=O)Nc3cccc(C)c3C)c2=S)cc1. The van der Waals surface area contributed by atoms with Crippen LogP contribution >= 0.6 is 35.4 Å². The van der Waals surface area contributed by atoms with E-state index in [-0.39, 0.29) is 12.5 Å². The zero-order chi connectivity index (χ0) is 23.7. The maximum atomic E-state index is 12.9. The van der Waals surface area contributed by atoms with Gasteiger partial charge in [-0.2, -0.15) is 5.10 Å². The van der Waals surface area contributed by atoms with E-state index >= 15 is 0 Å². The van der Waals surface area contributed by atoms with Gasteiger partial charge in [-0.1, -0.05) is 53.0 Å². The first kappa shape index (κ1) is 23.2. The minimum absolute atomic E-state index is 0.0384. The van der Waals surface area contributed by atoms with Gasteiger partial charge < -0.3 is 5.32 Å². The van der Waals surface area contributed by atoms with Crippen molar-refractivity contribution in [3.63, 3.8) is 0 Å². The molecule has 0 bridgehead atoms. The molecule has 33 heavy (non-hydrogen) atoms. The van der Waals surface area contributed by atoms with Gasteiger partial charge in [-0.15, -0.1) is 0 Å². The third-order valence-electron chi connectivity index (χ3n) is 5.48. The van der Waals surface area contributed by atoms with E-state index in [1.807, 2.05) is 67.8 Å². The average molecular weight is 497 g/mol. The molecule has 0 saturated heterocycles. The number of carbonyl (C=O) groups excluding carboxylic acids is 1. The van der Waals surface area contributed by atoms with Crippen LogP contribution in [-0.4, -0.2) is 20.3 Å². The number of rotatable bonds is 5. The molecule has 0 aliphatic heterocycles. The van der Waals surface area contributed by atoms with Crippen molar-refractivity contribution in [2.75, 3.05) is 5.32 Å². The molecule has 4 rings (SSSR count). The van der Waals surface area contributed by atoms with Gasteiger partial charge in [-0.25, -0.2) is 4.68 Å². The second kappa shape index (κ2) is 9.51. The summed E-state index contributed by atoms with van der Waals surface area (Å²) in [6.45, 7) is 5.96. The van der Waals surface area contributed by atoms with Crippen LogP contribution < -0.4 is 5.32 Å². The summed E-state index contributed by atoms with van der Waals surface area (Å²) in [6, 6.07) is 18.9. The van der Waals surface area contributed by atoms with E-state index in [0.29, 0.717) is 26.2 Å².